The zero-order valence-corrected chi connectivity index (χ0v) is 4.81. The van der Waals surface area contributed by atoms with Crippen LogP contribution in [0.15, 0.2) is 5.22 Å². The average molecular weight is 141 g/mol. The van der Waals surface area contributed by atoms with Crippen LogP contribution in [0.1, 0.15) is 0 Å². The van der Waals surface area contributed by atoms with Crippen molar-refractivity contribution in [3.8, 4) is 0 Å². The Morgan fingerprint density at radius 2 is 2.40 bits per heavy atom. The van der Waals surface area contributed by atoms with Gasteiger partial charge in [-0.2, -0.15) is 9.92 Å². The zero-order chi connectivity index (χ0) is 7.56. The summed E-state index contributed by atoms with van der Waals surface area (Å²) in [6, 6.07) is -0.678. The summed E-state index contributed by atoms with van der Waals surface area (Å²) in [4.78, 5) is 23.2. The predicted molar refractivity (Wildman–Crippen MR) is 29.4 cm³/mol. The van der Waals surface area contributed by atoms with E-state index < -0.39 is 11.9 Å². The maximum Gasteiger partial charge on any atom is 0.419 e. The van der Waals surface area contributed by atoms with E-state index in [1.54, 1.807) is 0 Å². The summed E-state index contributed by atoms with van der Waals surface area (Å²) in [5.74, 6) is -0.461. The van der Waals surface area contributed by atoms with Crippen LogP contribution in [0.5, 0.6) is 0 Å². The Balaban J connectivity index is 2.72. The van der Waals surface area contributed by atoms with Gasteiger partial charge in [0.05, 0.1) is 0 Å². The number of amides is 3. The Hall–Kier alpha value is -1.75. The van der Waals surface area contributed by atoms with E-state index in [9.17, 15) is 9.59 Å². The lowest BCUT2D eigenvalue weighted by atomic mass is 10.7. The van der Waals surface area contributed by atoms with Gasteiger partial charge in [0, 0.05) is 0 Å². The van der Waals surface area contributed by atoms with Crippen LogP contribution in [-0.2, 0) is 4.79 Å². The highest BCUT2D eigenvalue weighted by Gasteiger charge is 2.30. The van der Waals surface area contributed by atoms with Crippen LogP contribution in [0.2, 0.25) is 0 Å². The van der Waals surface area contributed by atoms with Gasteiger partial charge in [-0.1, -0.05) is 0 Å². The summed E-state index contributed by atoms with van der Waals surface area (Å²) in [6.45, 7) is -0.192. The van der Waals surface area contributed by atoms with Crippen LogP contribution in [0.4, 0.5) is 4.79 Å². The number of urea groups is 1. The smallest absolute Gasteiger partial charge is 0.270 e. The molecular formula is C3H3N5O2. The molecule has 3 amide bonds. The SMILES string of the molecule is [N-]=[N+]=NN1CC(=O)NC1=O. The molecule has 1 fully saturated rings. The highest BCUT2D eigenvalue weighted by molar-refractivity contribution is 6.01. The van der Waals surface area contributed by atoms with Crippen molar-refractivity contribution in [2.45, 2.75) is 0 Å². The maximum absolute atomic E-state index is 10.5. The number of hydrogen-bond acceptors (Lipinski definition) is 3. The normalized spacial score (nSPS) is 16.6. The van der Waals surface area contributed by atoms with Gasteiger partial charge in [-0.3, -0.25) is 10.1 Å². The van der Waals surface area contributed by atoms with E-state index in [0.29, 0.717) is 5.01 Å². The number of carbonyl (C=O) groups excluding carboxylic acids is 2. The Morgan fingerprint density at radius 1 is 1.70 bits per heavy atom. The fourth-order valence-electron chi connectivity index (χ4n) is 0.552. The third-order valence-corrected chi connectivity index (χ3v) is 0.922. The van der Waals surface area contributed by atoms with Gasteiger partial charge in [0.15, 0.2) is 6.54 Å². The van der Waals surface area contributed by atoms with Crippen molar-refractivity contribution < 1.29 is 9.59 Å². The number of nitrogens with one attached hydrogen (secondary N) is 1. The van der Waals surface area contributed by atoms with Gasteiger partial charge in [-0.15, -0.1) is 5.53 Å². The van der Waals surface area contributed by atoms with Crippen LogP contribution in [-0.4, -0.2) is 23.5 Å². The third-order valence-electron chi connectivity index (χ3n) is 0.922. The van der Waals surface area contributed by atoms with Gasteiger partial charge in [-0.05, 0) is 5.22 Å². The first-order valence-corrected chi connectivity index (χ1v) is 2.40. The molecule has 1 aliphatic heterocycles. The molecule has 0 bridgehead atoms. The minimum absolute atomic E-state index is 0.192. The van der Waals surface area contributed by atoms with Crippen LogP contribution in [0, 0.1) is 0 Å². The molecule has 0 unspecified atom stereocenters. The summed E-state index contributed by atoms with van der Waals surface area (Å²) >= 11 is 0. The van der Waals surface area contributed by atoms with Crippen molar-refractivity contribution in [3.63, 3.8) is 0 Å². The molecule has 1 saturated heterocycles. The molecule has 0 spiro atoms. The lowest BCUT2D eigenvalue weighted by Gasteiger charge is -1.94. The Labute approximate surface area is 55.2 Å². The number of nitrogens with zero attached hydrogens (tertiary/aromatic N) is 4. The average Bonchev–Trinajstić information content (AvgIpc) is 2.13. The molecule has 1 heterocycles. The Kier molecular flexibility index (Phi) is 1.43. The van der Waals surface area contributed by atoms with E-state index >= 15 is 0 Å². The van der Waals surface area contributed by atoms with Gasteiger partial charge in [-0.25, -0.2) is 4.79 Å². The molecule has 1 aliphatic rings. The van der Waals surface area contributed by atoms with E-state index in [1.807, 2.05) is 5.32 Å². The monoisotopic (exact) mass is 141 g/mol. The standard InChI is InChI=1S/C3H3N5O2/c4-6-7-8-1-2(9)5-3(8)10/h1H2,(H,5,9,10). The number of azide groups is 1. The lowest BCUT2D eigenvalue weighted by Crippen LogP contribution is -2.23. The van der Waals surface area contributed by atoms with Crippen LogP contribution in [0.3, 0.4) is 0 Å². The third kappa shape index (κ3) is 0.981. The van der Waals surface area contributed by atoms with Crippen molar-refractivity contribution in [2.24, 2.45) is 5.22 Å². The fourth-order valence-corrected chi connectivity index (χ4v) is 0.552. The summed E-state index contributed by atoms with van der Waals surface area (Å²) in [5.41, 5.74) is 7.86. The first-order valence-electron chi connectivity index (χ1n) is 2.40. The number of carbonyl (C=O) groups is 2. The summed E-state index contributed by atoms with van der Waals surface area (Å²) in [7, 11) is 0. The molecule has 10 heavy (non-hydrogen) atoms. The second-order valence-corrected chi connectivity index (χ2v) is 1.59. The van der Waals surface area contributed by atoms with E-state index in [4.69, 9.17) is 5.53 Å². The van der Waals surface area contributed by atoms with E-state index in [-0.39, 0.29) is 6.54 Å². The highest BCUT2D eigenvalue weighted by Crippen LogP contribution is 1.97. The molecule has 0 atom stereocenters. The zero-order valence-electron chi connectivity index (χ0n) is 4.81. The maximum atomic E-state index is 10.5. The van der Waals surface area contributed by atoms with Crippen molar-refractivity contribution in [2.75, 3.05) is 6.54 Å². The molecule has 7 nitrogen and oxygen atoms in total. The molecule has 0 aliphatic carbocycles. The molecule has 0 radical (unpaired) electrons. The van der Waals surface area contributed by atoms with Gasteiger partial charge in [0.2, 0.25) is 0 Å². The van der Waals surface area contributed by atoms with Crippen LogP contribution in [0.25, 0.3) is 10.4 Å². The van der Waals surface area contributed by atoms with Gasteiger partial charge < -0.3 is 0 Å². The molecule has 0 aromatic rings. The quantitative estimate of drug-likeness (QED) is 0.236. The summed E-state index contributed by atoms with van der Waals surface area (Å²) in [6.07, 6.45) is 0. The summed E-state index contributed by atoms with van der Waals surface area (Å²) < 4.78 is 0. The van der Waals surface area contributed by atoms with E-state index in [2.05, 4.69) is 10.1 Å². The second-order valence-electron chi connectivity index (χ2n) is 1.59. The molecule has 0 aromatic carbocycles. The Morgan fingerprint density at radius 3 is 2.80 bits per heavy atom. The van der Waals surface area contributed by atoms with Crippen LogP contribution < -0.4 is 5.32 Å². The van der Waals surface area contributed by atoms with Gasteiger partial charge in [0.1, 0.15) is 0 Å². The predicted octanol–water partition coefficient (Wildman–Crippen LogP) is -0.236. The fraction of sp³-hybridized carbons (Fsp3) is 0.333. The Bertz CT molecular complexity index is 229. The second kappa shape index (κ2) is 2.24. The van der Waals surface area contributed by atoms with Crippen molar-refractivity contribution in [1.82, 2.24) is 10.3 Å². The van der Waals surface area contributed by atoms with Crippen molar-refractivity contribution >= 4 is 11.9 Å². The molecule has 0 saturated carbocycles. The highest BCUT2D eigenvalue weighted by atomic mass is 16.2. The summed E-state index contributed by atoms with van der Waals surface area (Å²) in [5, 5.41) is 5.58. The largest absolute Gasteiger partial charge is 0.419 e. The molecular weight excluding hydrogens is 138 g/mol. The first-order chi connectivity index (χ1) is 4.74. The first kappa shape index (κ1) is 6.37. The minimum atomic E-state index is -0.678. The topological polar surface area (TPSA) is 98.2 Å². The molecule has 1 N–H and O–H groups in total. The lowest BCUT2D eigenvalue weighted by molar-refractivity contribution is -0.118. The molecule has 1 rings (SSSR count). The molecule has 0 aromatic heterocycles. The molecule has 52 valence electrons. The van der Waals surface area contributed by atoms with E-state index in [0.717, 1.165) is 0 Å². The van der Waals surface area contributed by atoms with Crippen molar-refractivity contribution in [1.29, 1.82) is 0 Å². The van der Waals surface area contributed by atoms with E-state index in [1.165, 1.54) is 0 Å². The number of rotatable bonds is 1. The van der Waals surface area contributed by atoms with Gasteiger partial charge in [0.25, 0.3) is 5.91 Å². The van der Waals surface area contributed by atoms with Crippen LogP contribution >= 0.6 is 0 Å². The number of imide groups is 1. The van der Waals surface area contributed by atoms with Gasteiger partial charge >= 0.3 is 6.03 Å². The number of hydrogen-bond donors (Lipinski definition) is 1. The van der Waals surface area contributed by atoms with Crippen molar-refractivity contribution in [3.05, 3.63) is 10.4 Å². The minimum Gasteiger partial charge on any atom is -0.270 e. The molecule has 7 heteroatoms.